The fourth-order valence-corrected chi connectivity index (χ4v) is 2.58. The molecule has 0 aliphatic carbocycles. The Morgan fingerprint density at radius 3 is 2.90 bits per heavy atom. The summed E-state index contributed by atoms with van der Waals surface area (Å²) in [6, 6.07) is 4.66. The molecule has 0 bridgehead atoms. The highest BCUT2D eigenvalue weighted by Gasteiger charge is 2.11. The Kier molecular flexibility index (Phi) is 4.15. The van der Waals surface area contributed by atoms with E-state index in [1.165, 1.54) is 12.1 Å². The number of imidazole rings is 1. The van der Waals surface area contributed by atoms with Gasteiger partial charge in [0.15, 0.2) is 0 Å². The van der Waals surface area contributed by atoms with Crippen molar-refractivity contribution in [2.75, 3.05) is 5.88 Å². The number of aromatic nitrogens is 5. The van der Waals surface area contributed by atoms with Crippen molar-refractivity contribution in [3.05, 3.63) is 42.2 Å². The summed E-state index contributed by atoms with van der Waals surface area (Å²) in [5.41, 5.74) is 1.62. The average Bonchev–Trinajstić information content (AvgIpc) is 3.08. The normalized spacial score (nSPS) is 11.3. The first-order valence-corrected chi connectivity index (χ1v) is 7.36. The molecule has 0 unspecified atom stereocenters. The van der Waals surface area contributed by atoms with Gasteiger partial charge >= 0.3 is 0 Å². The van der Waals surface area contributed by atoms with Crippen LogP contribution in [0.5, 0.6) is 0 Å². The molecule has 1 aromatic carbocycles. The van der Waals surface area contributed by atoms with Crippen LogP contribution in [-0.4, -0.2) is 30.4 Å². The number of nitrogens with zero attached hydrogens (tertiary/aromatic N) is 5. The maximum absolute atomic E-state index is 13.5. The van der Waals surface area contributed by atoms with Gasteiger partial charge in [-0.3, -0.25) is 4.68 Å². The number of aryl methyl sites for hydroxylation is 3. The molecule has 2 aromatic heterocycles. The molecule has 0 radical (unpaired) electrons. The second-order valence-corrected chi connectivity index (χ2v) is 5.15. The summed E-state index contributed by atoms with van der Waals surface area (Å²) in [7, 11) is 0. The van der Waals surface area contributed by atoms with Crippen LogP contribution in [-0.2, 0) is 19.5 Å². The van der Waals surface area contributed by atoms with Crippen LogP contribution in [0.2, 0.25) is 0 Å². The van der Waals surface area contributed by atoms with Crippen LogP contribution >= 0.6 is 11.6 Å². The van der Waals surface area contributed by atoms with Crippen LogP contribution in [0.25, 0.3) is 11.0 Å². The Morgan fingerprint density at radius 1 is 1.24 bits per heavy atom. The Morgan fingerprint density at radius 2 is 2.14 bits per heavy atom. The summed E-state index contributed by atoms with van der Waals surface area (Å²) >= 11 is 5.83. The number of hydrogen-bond donors (Lipinski definition) is 0. The van der Waals surface area contributed by atoms with Gasteiger partial charge in [-0.2, -0.15) is 0 Å². The van der Waals surface area contributed by atoms with Crippen molar-refractivity contribution in [2.24, 2.45) is 0 Å². The molecule has 0 spiro atoms. The van der Waals surface area contributed by atoms with E-state index in [9.17, 15) is 4.39 Å². The summed E-state index contributed by atoms with van der Waals surface area (Å²) in [6.45, 7) is 1.50. The molecule has 0 aliphatic rings. The van der Waals surface area contributed by atoms with Crippen molar-refractivity contribution >= 4 is 22.6 Å². The number of fused-ring (bicyclic) bond motifs is 1. The first kappa shape index (κ1) is 14.0. The fourth-order valence-electron chi connectivity index (χ4n) is 2.41. The highest BCUT2D eigenvalue weighted by atomic mass is 35.5. The predicted octanol–water partition coefficient (Wildman–Crippen LogP) is 2.64. The lowest BCUT2D eigenvalue weighted by molar-refractivity contribution is 0.512. The number of rotatable bonds is 6. The topological polar surface area (TPSA) is 48.5 Å². The number of benzene rings is 1. The minimum Gasteiger partial charge on any atom is -0.328 e. The molecule has 0 saturated carbocycles. The summed E-state index contributed by atoms with van der Waals surface area (Å²) in [6.07, 6.45) is 5.01. The van der Waals surface area contributed by atoms with Gasteiger partial charge in [-0.25, -0.2) is 9.37 Å². The van der Waals surface area contributed by atoms with Gasteiger partial charge in [0.1, 0.15) is 11.6 Å². The molecule has 0 amide bonds. The van der Waals surface area contributed by atoms with E-state index in [0.29, 0.717) is 12.3 Å². The van der Waals surface area contributed by atoms with E-state index in [4.69, 9.17) is 11.6 Å². The number of halogens is 2. The van der Waals surface area contributed by atoms with Crippen LogP contribution < -0.4 is 0 Å². The van der Waals surface area contributed by atoms with Gasteiger partial charge in [0.2, 0.25) is 0 Å². The van der Waals surface area contributed by atoms with Crippen molar-refractivity contribution in [1.29, 1.82) is 0 Å². The van der Waals surface area contributed by atoms with Gasteiger partial charge in [0.25, 0.3) is 0 Å². The highest BCUT2D eigenvalue weighted by Crippen LogP contribution is 2.19. The van der Waals surface area contributed by atoms with Crippen LogP contribution in [0.3, 0.4) is 0 Å². The second kappa shape index (κ2) is 6.22. The van der Waals surface area contributed by atoms with E-state index in [1.807, 2.05) is 10.8 Å². The predicted molar refractivity (Wildman–Crippen MR) is 78.8 cm³/mol. The lowest BCUT2D eigenvalue weighted by atomic mass is 10.3. The molecule has 3 aromatic rings. The lowest BCUT2D eigenvalue weighted by Crippen LogP contribution is -2.08. The number of alkyl halides is 1. The molecule has 0 fully saturated rings. The Bertz CT molecular complexity index is 722. The van der Waals surface area contributed by atoms with Crippen LogP contribution in [0, 0.1) is 5.82 Å². The molecule has 5 nitrogen and oxygen atoms in total. The number of hydrogen-bond acceptors (Lipinski definition) is 3. The maximum Gasteiger partial charge on any atom is 0.125 e. The van der Waals surface area contributed by atoms with Crippen molar-refractivity contribution in [3.8, 4) is 0 Å². The van der Waals surface area contributed by atoms with Gasteiger partial charge in [-0.15, -0.1) is 16.7 Å². The largest absolute Gasteiger partial charge is 0.328 e. The molecule has 0 atom stereocenters. The first-order chi connectivity index (χ1) is 10.3. The summed E-state index contributed by atoms with van der Waals surface area (Å²) in [4.78, 5) is 4.54. The molecule has 0 aliphatic heterocycles. The minimum absolute atomic E-state index is 0.252. The van der Waals surface area contributed by atoms with E-state index >= 15 is 0 Å². The highest BCUT2D eigenvalue weighted by molar-refractivity contribution is 6.17. The molecule has 3 rings (SSSR count). The molecular weight excluding hydrogens is 293 g/mol. The third-order valence-corrected chi connectivity index (χ3v) is 3.54. The van der Waals surface area contributed by atoms with Gasteiger partial charge in [-0.1, -0.05) is 5.21 Å². The second-order valence-electron chi connectivity index (χ2n) is 4.77. The molecule has 21 heavy (non-hydrogen) atoms. The van der Waals surface area contributed by atoms with E-state index < -0.39 is 0 Å². The van der Waals surface area contributed by atoms with Gasteiger partial charge in [-0.05, 0) is 24.6 Å². The quantitative estimate of drug-likeness (QED) is 0.658. The zero-order valence-electron chi connectivity index (χ0n) is 11.4. The van der Waals surface area contributed by atoms with Crippen molar-refractivity contribution in [3.63, 3.8) is 0 Å². The van der Waals surface area contributed by atoms with Crippen molar-refractivity contribution < 1.29 is 4.39 Å². The Hall–Kier alpha value is -1.95. The summed E-state index contributed by atoms with van der Waals surface area (Å²) < 4.78 is 17.3. The van der Waals surface area contributed by atoms with E-state index in [-0.39, 0.29) is 5.82 Å². The standard InChI is InChI=1S/C14H15ClFN5/c15-5-4-14-18-12-3-2-11(16)10-13(12)21(14)8-1-7-20-9-6-17-19-20/h2-3,6,9-10H,1,4-5,7-8H2. The Labute approximate surface area is 126 Å². The van der Waals surface area contributed by atoms with E-state index in [1.54, 1.807) is 16.9 Å². The monoisotopic (exact) mass is 307 g/mol. The van der Waals surface area contributed by atoms with Crippen LogP contribution in [0.1, 0.15) is 12.2 Å². The van der Waals surface area contributed by atoms with E-state index in [0.717, 1.165) is 36.4 Å². The van der Waals surface area contributed by atoms with E-state index in [2.05, 4.69) is 15.3 Å². The molecule has 7 heteroatoms. The zero-order chi connectivity index (χ0) is 14.7. The summed E-state index contributed by atoms with van der Waals surface area (Å²) in [5.74, 6) is 1.14. The molecular formula is C14H15ClFN5. The third-order valence-electron chi connectivity index (χ3n) is 3.35. The molecule has 2 heterocycles. The zero-order valence-corrected chi connectivity index (χ0v) is 12.2. The van der Waals surface area contributed by atoms with Crippen molar-refractivity contribution in [1.82, 2.24) is 24.5 Å². The molecule has 0 N–H and O–H groups in total. The average molecular weight is 308 g/mol. The fraction of sp³-hybridized carbons (Fsp3) is 0.357. The SMILES string of the molecule is Fc1ccc2nc(CCCl)n(CCCn3ccnn3)c2c1. The molecule has 0 saturated heterocycles. The first-order valence-electron chi connectivity index (χ1n) is 6.82. The van der Waals surface area contributed by atoms with Gasteiger partial charge in [0, 0.05) is 31.6 Å². The lowest BCUT2D eigenvalue weighted by Gasteiger charge is -2.08. The van der Waals surface area contributed by atoms with Crippen molar-refractivity contribution in [2.45, 2.75) is 25.9 Å². The maximum atomic E-state index is 13.5. The minimum atomic E-state index is -0.252. The van der Waals surface area contributed by atoms with Gasteiger partial charge < -0.3 is 4.57 Å². The smallest absolute Gasteiger partial charge is 0.125 e. The Balaban J connectivity index is 1.83. The summed E-state index contributed by atoms with van der Waals surface area (Å²) in [5, 5.41) is 7.70. The molecule has 110 valence electrons. The van der Waals surface area contributed by atoms with Gasteiger partial charge in [0.05, 0.1) is 17.2 Å². The van der Waals surface area contributed by atoms with Crippen LogP contribution in [0.15, 0.2) is 30.6 Å². The van der Waals surface area contributed by atoms with Crippen LogP contribution in [0.4, 0.5) is 4.39 Å². The third kappa shape index (κ3) is 3.05.